The first-order chi connectivity index (χ1) is 20.1. The third-order valence-corrected chi connectivity index (χ3v) is 9.81. The number of aromatic amines is 1. The summed E-state index contributed by atoms with van der Waals surface area (Å²) in [5.41, 5.74) is 9.07. The van der Waals surface area contributed by atoms with Gasteiger partial charge in [0.1, 0.15) is 12.1 Å². The fourth-order valence-electron chi connectivity index (χ4n) is 7.29. The molecule has 0 unspecified atom stereocenters. The number of anilines is 1. The Labute approximate surface area is 247 Å². The van der Waals surface area contributed by atoms with E-state index in [4.69, 9.17) is 9.72 Å². The van der Waals surface area contributed by atoms with Crippen LogP contribution < -0.4 is 4.90 Å². The van der Waals surface area contributed by atoms with Gasteiger partial charge in [0.05, 0.1) is 29.9 Å². The highest BCUT2D eigenvalue weighted by Crippen LogP contribution is 2.39. The molecule has 10 heteroatoms. The Morgan fingerprint density at radius 2 is 1.90 bits per heavy atom. The number of likely N-dealkylation sites (tertiary alicyclic amines) is 1. The minimum atomic E-state index is 0.125. The second-order valence-corrected chi connectivity index (χ2v) is 13.3. The third kappa shape index (κ3) is 4.38. The van der Waals surface area contributed by atoms with Crippen LogP contribution in [0, 0.1) is 19.3 Å². The topological polar surface area (TPSA) is 94.9 Å². The average molecular weight is 571 g/mol. The zero-order valence-electron chi connectivity index (χ0n) is 25.6. The van der Waals surface area contributed by atoms with Crippen LogP contribution in [0.4, 0.5) is 5.82 Å². The molecule has 3 aliphatic rings. The van der Waals surface area contributed by atoms with E-state index in [9.17, 15) is 4.79 Å². The first-order valence-corrected chi connectivity index (χ1v) is 15.3. The van der Waals surface area contributed by atoms with Gasteiger partial charge in [-0.3, -0.25) is 4.79 Å². The molecule has 222 valence electrons. The van der Waals surface area contributed by atoms with E-state index < -0.39 is 0 Å². The molecule has 3 aliphatic heterocycles. The number of nitrogens with zero attached hydrogens (tertiary/aromatic N) is 7. The number of nitrogens with one attached hydrogen (secondary N) is 1. The van der Waals surface area contributed by atoms with Gasteiger partial charge < -0.3 is 24.4 Å². The summed E-state index contributed by atoms with van der Waals surface area (Å²) in [6.45, 7) is 19.3. The molecule has 0 radical (unpaired) electrons. The van der Waals surface area contributed by atoms with Gasteiger partial charge in [0.25, 0.3) is 0 Å². The molecule has 3 saturated heterocycles. The Balaban J connectivity index is 1.12. The molecule has 3 fully saturated rings. The van der Waals surface area contributed by atoms with E-state index in [2.05, 4.69) is 89.6 Å². The lowest BCUT2D eigenvalue weighted by Crippen LogP contribution is -2.66. The van der Waals surface area contributed by atoms with Crippen molar-refractivity contribution in [2.24, 2.45) is 5.41 Å². The number of amides is 1. The molecular weight excluding hydrogens is 528 g/mol. The van der Waals surface area contributed by atoms with Crippen molar-refractivity contribution in [2.75, 3.05) is 50.8 Å². The van der Waals surface area contributed by atoms with Gasteiger partial charge in [-0.25, -0.2) is 14.5 Å². The highest BCUT2D eigenvalue weighted by Gasteiger charge is 2.48. The number of ether oxygens (including phenoxy) is 1. The van der Waals surface area contributed by atoms with E-state index in [0.717, 1.165) is 78.7 Å². The van der Waals surface area contributed by atoms with Crippen LogP contribution in [0.5, 0.6) is 0 Å². The SMILES string of the molecule is Cc1c(-c2[nH]c3ccc(N4C[C@@H](C)N(C(=O)CCN5CC6(COC6)C5)C[C@@H]4C)nc3c2C(C)C)cn2ncnc2c1C. The summed E-state index contributed by atoms with van der Waals surface area (Å²) in [6.07, 6.45) is 4.26. The molecule has 1 N–H and O–H groups in total. The fourth-order valence-corrected chi connectivity index (χ4v) is 7.29. The van der Waals surface area contributed by atoms with Gasteiger partial charge in [-0.1, -0.05) is 13.8 Å². The number of piperazine rings is 1. The van der Waals surface area contributed by atoms with Crippen LogP contribution in [-0.4, -0.2) is 98.3 Å². The Hall–Kier alpha value is -3.50. The van der Waals surface area contributed by atoms with Crippen molar-refractivity contribution in [3.05, 3.63) is 41.3 Å². The Morgan fingerprint density at radius 3 is 2.62 bits per heavy atom. The highest BCUT2D eigenvalue weighted by molar-refractivity contribution is 5.90. The molecule has 4 aromatic rings. The smallest absolute Gasteiger partial charge is 0.224 e. The molecule has 1 spiro atoms. The molecule has 0 aliphatic carbocycles. The van der Waals surface area contributed by atoms with Crippen LogP contribution >= 0.6 is 0 Å². The molecule has 2 atom stereocenters. The van der Waals surface area contributed by atoms with E-state index in [1.807, 2.05) is 4.52 Å². The molecule has 1 amide bonds. The Bertz CT molecular complexity index is 1660. The van der Waals surface area contributed by atoms with Gasteiger partial charge >= 0.3 is 0 Å². The summed E-state index contributed by atoms with van der Waals surface area (Å²) in [4.78, 5) is 33.5. The molecule has 10 nitrogen and oxygen atoms in total. The van der Waals surface area contributed by atoms with Crippen LogP contribution in [0.3, 0.4) is 0 Å². The third-order valence-electron chi connectivity index (χ3n) is 9.81. The van der Waals surface area contributed by atoms with Crippen LogP contribution in [-0.2, 0) is 9.53 Å². The summed E-state index contributed by atoms with van der Waals surface area (Å²) in [5.74, 6) is 1.50. The van der Waals surface area contributed by atoms with Crippen molar-refractivity contribution >= 4 is 28.4 Å². The van der Waals surface area contributed by atoms with Gasteiger partial charge in [-0.15, -0.1) is 0 Å². The Morgan fingerprint density at radius 1 is 1.12 bits per heavy atom. The van der Waals surface area contributed by atoms with Crippen LogP contribution in [0.25, 0.3) is 27.9 Å². The number of aryl methyl sites for hydroxylation is 1. The molecule has 4 aromatic heterocycles. The minimum Gasteiger partial charge on any atom is -0.380 e. The quantitative estimate of drug-likeness (QED) is 0.372. The normalized spacial score (nSPS) is 22.4. The van der Waals surface area contributed by atoms with Crippen molar-refractivity contribution in [2.45, 2.75) is 66.0 Å². The van der Waals surface area contributed by atoms with Gasteiger partial charge in [0.2, 0.25) is 5.91 Å². The number of pyridine rings is 2. The number of H-pyrrole nitrogens is 1. The van der Waals surface area contributed by atoms with Crippen molar-refractivity contribution in [1.29, 1.82) is 0 Å². The molecule has 0 saturated carbocycles. The van der Waals surface area contributed by atoms with E-state index in [1.165, 1.54) is 11.1 Å². The van der Waals surface area contributed by atoms with Gasteiger partial charge in [-0.05, 0) is 56.9 Å². The summed E-state index contributed by atoms with van der Waals surface area (Å²) in [7, 11) is 0. The number of hydrogen-bond acceptors (Lipinski definition) is 7. The van der Waals surface area contributed by atoms with Gasteiger partial charge in [-0.2, -0.15) is 5.10 Å². The van der Waals surface area contributed by atoms with Gasteiger partial charge in [0, 0.05) is 74.0 Å². The van der Waals surface area contributed by atoms with E-state index in [1.54, 1.807) is 6.33 Å². The molecule has 0 bridgehead atoms. The van der Waals surface area contributed by atoms with Crippen molar-refractivity contribution in [3.8, 4) is 11.3 Å². The molecule has 7 heterocycles. The number of carbonyl (C=O) groups is 1. The van der Waals surface area contributed by atoms with Crippen LogP contribution in [0.1, 0.15) is 56.7 Å². The maximum absolute atomic E-state index is 13.3. The number of fused-ring (bicyclic) bond motifs is 2. The lowest BCUT2D eigenvalue weighted by atomic mass is 9.78. The fraction of sp³-hybridized carbons (Fsp3) is 0.562. The molecule has 42 heavy (non-hydrogen) atoms. The summed E-state index contributed by atoms with van der Waals surface area (Å²) in [6, 6.07) is 4.58. The average Bonchev–Trinajstić information content (AvgIpc) is 3.54. The van der Waals surface area contributed by atoms with Crippen molar-refractivity contribution in [1.82, 2.24) is 34.4 Å². The predicted molar refractivity (Wildman–Crippen MR) is 164 cm³/mol. The summed E-state index contributed by atoms with van der Waals surface area (Å²) in [5, 5.41) is 4.42. The maximum Gasteiger partial charge on any atom is 0.224 e. The largest absolute Gasteiger partial charge is 0.380 e. The van der Waals surface area contributed by atoms with Crippen LogP contribution in [0.15, 0.2) is 24.7 Å². The monoisotopic (exact) mass is 570 g/mol. The number of hydrogen-bond donors (Lipinski definition) is 1. The van der Waals surface area contributed by atoms with Crippen molar-refractivity contribution in [3.63, 3.8) is 0 Å². The second-order valence-electron chi connectivity index (χ2n) is 13.3. The summed E-state index contributed by atoms with van der Waals surface area (Å²) < 4.78 is 7.25. The van der Waals surface area contributed by atoms with E-state index in [0.29, 0.717) is 18.4 Å². The van der Waals surface area contributed by atoms with E-state index >= 15 is 0 Å². The van der Waals surface area contributed by atoms with Gasteiger partial charge in [0.15, 0.2) is 5.65 Å². The lowest BCUT2D eigenvalue weighted by molar-refractivity contribution is -0.189. The maximum atomic E-state index is 13.3. The van der Waals surface area contributed by atoms with E-state index in [-0.39, 0.29) is 23.9 Å². The Kier molecular flexibility index (Phi) is 6.54. The zero-order chi connectivity index (χ0) is 29.3. The van der Waals surface area contributed by atoms with Crippen molar-refractivity contribution < 1.29 is 9.53 Å². The lowest BCUT2D eigenvalue weighted by Gasteiger charge is -2.55. The zero-order valence-corrected chi connectivity index (χ0v) is 25.6. The second kappa shape index (κ2) is 10.1. The molecule has 0 aromatic carbocycles. The number of rotatable bonds is 6. The minimum absolute atomic E-state index is 0.125. The standard InChI is InChI=1S/C32H42N8O2/c1-19(2)28-29(24-13-40-31(33-18-34-40)23(6)22(24)5)35-25-7-8-26(36-30(25)28)38-11-21(4)39(12-20(38)3)27(41)9-10-37-14-32(15-37)16-42-17-32/h7-8,13,18-21,35H,9-12,14-17H2,1-6H3/t20-,21+/m0/s1. The first kappa shape index (κ1) is 27.3. The van der Waals surface area contributed by atoms with Crippen LogP contribution in [0.2, 0.25) is 0 Å². The number of carbonyl (C=O) groups excluding carboxylic acids is 1. The summed E-state index contributed by atoms with van der Waals surface area (Å²) >= 11 is 0. The predicted octanol–water partition coefficient (Wildman–Crippen LogP) is 4.16. The highest BCUT2D eigenvalue weighted by atomic mass is 16.5. The first-order valence-electron chi connectivity index (χ1n) is 15.3. The number of aromatic nitrogens is 5. The molecule has 7 rings (SSSR count). The molecular formula is C32H42N8O2.